The van der Waals surface area contributed by atoms with E-state index in [-0.39, 0.29) is 0 Å². The molecule has 4 heteroatoms. The average molecular weight is 300 g/mol. The van der Waals surface area contributed by atoms with Crippen molar-refractivity contribution in [2.75, 3.05) is 0 Å². The number of pyridine rings is 1. The van der Waals surface area contributed by atoms with Crippen LogP contribution < -0.4 is 0 Å². The van der Waals surface area contributed by atoms with Gasteiger partial charge in [-0.15, -0.1) is 0 Å². The standard InChI is InChI=1S/C14H10BrN3/c15-12-3-1-11(2-4-12)14-7-10-18(17-14)13-5-8-16-9-6-13/h1-10H. The molecule has 0 fully saturated rings. The van der Waals surface area contributed by atoms with Crippen LogP contribution in [0.1, 0.15) is 0 Å². The third-order valence-corrected chi connectivity index (χ3v) is 3.18. The fourth-order valence-electron chi connectivity index (χ4n) is 1.74. The van der Waals surface area contributed by atoms with Gasteiger partial charge in [0.05, 0.1) is 11.4 Å². The molecule has 3 nitrogen and oxygen atoms in total. The lowest BCUT2D eigenvalue weighted by atomic mass is 10.2. The highest BCUT2D eigenvalue weighted by Gasteiger charge is 2.03. The van der Waals surface area contributed by atoms with Gasteiger partial charge in [0.1, 0.15) is 0 Å². The zero-order valence-electron chi connectivity index (χ0n) is 9.49. The Hall–Kier alpha value is -1.94. The van der Waals surface area contributed by atoms with E-state index in [1.54, 1.807) is 12.4 Å². The third-order valence-electron chi connectivity index (χ3n) is 2.66. The highest BCUT2D eigenvalue weighted by molar-refractivity contribution is 9.10. The van der Waals surface area contributed by atoms with E-state index in [0.29, 0.717) is 0 Å². The summed E-state index contributed by atoms with van der Waals surface area (Å²) < 4.78 is 2.92. The van der Waals surface area contributed by atoms with Gasteiger partial charge in [0, 0.05) is 28.6 Å². The minimum Gasteiger partial charge on any atom is -0.265 e. The molecule has 18 heavy (non-hydrogen) atoms. The molecule has 0 saturated heterocycles. The van der Waals surface area contributed by atoms with Crippen LogP contribution in [0.2, 0.25) is 0 Å². The molecule has 0 aliphatic carbocycles. The van der Waals surface area contributed by atoms with E-state index in [1.165, 1.54) is 0 Å². The summed E-state index contributed by atoms with van der Waals surface area (Å²) in [6.45, 7) is 0. The predicted molar refractivity (Wildman–Crippen MR) is 74.5 cm³/mol. The Morgan fingerprint density at radius 2 is 1.61 bits per heavy atom. The van der Waals surface area contributed by atoms with Gasteiger partial charge in [-0.25, -0.2) is 4.68 Å². The smallest absolute Gasteiger partial charge is 0.0927 e. The van der Waals surface area contributed by atoms with Crippen molar-refractivity contribution in [2.24, 2.45) is 0 Å². The molecule has 2 aromatic heterocycles. The lowest BCUT2D eigenvalue weighted by Gasteiger charge is -2.00. The van der Waals surface area contributed by atoms with Crippen LogP contribution in [0.25, 0.3) is 16.9 Å². The summed E-state index contributed by atoms with van der Waals surface area (Å²) in [6.07, 6.45) is 5.47. The number of hydrogen-bond acceptors (Lipinski definition) is 2. The normalized spacial score (nSPS) is 10.5. The first kappa shape index (κ1) is 11.2. The molecule has 88 valence electrons. The molecule has 0 saturated carbocycles. The van der Waals surface area contributed by atoms with E-state index >= 15 is 0 Å². The highest BCUT2D eigenvalue weighted by Crippen LogP contribution is 2.20. The number of aromatic nitrogens is 3. The van der Waals surface area contributed by atoms with Crippen LogP contribution in [0.4, 0.5) is 0 Å². The summed E-state index contributed by atoms with van der Waals surface area (Å²) >= 11 is 3.43. The van der Waals surface area contributed by atoms with Crippen molar-refractivity contribution in [3.05, 3.63) is 65.5 Å². The average Bonchev–Trinajstić information content (AvgIpc) is 2.90. The fraction of sp³-hybridized carbons (Fsp3) is 0. The van der Waals surface area contributed by atoms with Crippen molar-refractivity contribution >= 4 is 15.9 Å². The van der Waals surface area contributed by atoms with E-state index in [0.717, 1.165) is 21.4 Å². The first-order valence-electron chi connectivity index (χ1n) is 5.55. The van der Waals surface area contributed by atoms with Gasteiger partial charge >= 0.3 is 0 Å². The number of hydrogen-bond donors (Lipinski definition) is 0. The molecule has 0 atom stereocenters. The van der Waals surface area contributed by atoms with Crippen molar-refractivity contribution in [1.29, 1.82) is 0 Å². The minimum atomic E-state index is 0.958. The van der Waals surface area contributed by atoms with Gasteiger partial charge in [0.2, 0.25) is 0 Å². The summed E-state index contributed by atoms with van der Waals surface area (Å²) in [4.78, 5) is 4.00. The Morgan fingerprint density at radius 3 is 2.33 bits per heavy atom. The third kappa shape index (κ3) is 2.19. The van der Waals surface area contributed by atoms with Gasteiger partial charge in [-0.2, -0.15) is 5.10 Å². The molecule has 0 aliphatic rings. The van der Waals surface area contributed by atoms with E-state index in [4.69, 9.17) is 0 Å². The molecule has 0 aliphatic heterocycles. The van der Waals surface area contributed by atoms with E-state index in [2.05, 4.69) is 26.0 Å². The van der Waals surface area contributed by atoms with Crippen LogP contribution in [-0.4, -0.2) is 14.8 Å². The lowest BCUT2D eigenvalue weighted by molar-refractivity contribution is 0.881. The van der Waals surface area contributed by atoms with Gasteiger partial charge in [-0.3, -0.25) is 4.98 Å². The van der Waals surface area contributed by atoms with Crippen LogP contribution in [0, 0.1) is 0 Å². The molecule has 3 aromatic rings. The molecule has 0 N–H and O–H groups in total. The van der Waals surface area contributed by atoms with Crippen LogP contribution in [-0.2, 0) is 0 Å². The van der Waals surface area contributed by atoms with Crippen LogP contribution in [0.15, 0.2) is 65.5 Å². The first-order valence-corrected chi connectivity index (χ1v) is 6.34. The molecule has 0 amide bonds. The molecule has 0 unspecified atom stereocenters. The van der Waals surface area contributed by atoms with Crippen molar-refractivity contribution < 1.29 is 0 Å². The Labute approximate surface area is 113 Å². The summed E-state index contributed by atoms with van der Waals surface area (Å²) in [6, 6.07) is 14.0. The largest absolute Gasteiger partial charge is 0.265 e. The fourth-order valence-corrected chi connectivity index (χ4v) is 2.00. The second kappa shape index (κ2) is 4.74. The maximum absolute atomic E-state index is 4.55. The van der Waals surface area contributed by atoms with E-state index in [9.17, 15) is 0 Å². The van der Waals surface area contributed by atoms with E-state index in [1.807, 2.05) is 53.3 Å². The number of benzene rings is 1. The molecule has 1 aromatic carbocycles. The maximum Gasteiger partial charge on any atom is 0.0927 e. The van der Waals surface area contributed by atoms with Gasteiger partial charge in [-0.1, -0.05) is 28.1 Å². The van der Waals surface area contributed by atoms with Crippen LogP contribution >= 0.6 is 15.9 Å². The summed E-state index contributed by atoms with van der Waals surface area (Å²) in [7, 11) is 0. The van der Waals surface area contributed by atoms with Gasteiger partial charge < -0.3 is 0 Å². The Morgan fingerprint density at radius 1 is 0.889 bits per heavy atom. The van der Waals surface area contributed by atoms with Crippen molar-refractivity contribution in [3.63, 3.8) is 0 Å². The van der Waals surface area contributed by atoms with Crippen molar-refractivity contribution in [1.82, 2.24) is 14.8 Å². The monoisotopic (exact) mass is 299 g/mol. The molecule has 0 radical (unpaired) electrons. The maximum atomic E-state index is 4.55. The summed E-state index contributed by atoms with van der Waals surface area (Å²) in [5, 5.41) is 4.55. The second-order valence-electron chi connectivity index (χ2n) is 3.86. The van der Waals surface area contributed by atoms with Crippen LogP contribution in [0.5, 0.6) is 0 Å². The zero-order chi connectivity index (χ0) is 12.4. The minimum absolute atomic E-state index is 0.958. The molecular formula is C14H10BrN3. The predicted octanol–water partition coefficient (Wildman–Crippen LogP) is 3.70. The van der Waals surface area contributed by atoms with Crippen molar-refractivity contribution in [3.8, 4) is 16.9 Å². The Balaban J connectivity index is 1.97. The summed E-state index contributed by atoms with van der Waals surface area (Å²) in [5.74, 6) is 0. The lowest BCUT2D eigenvalue weighted by Crippen LogP contribution is -1.94. The molecule has 0 bridgehead atoms. The van der Waals surface area contributed by atoms with E-state index < -0.39 is 0 Å². The first-order chi connectivity index (χ1) is 8.83. The topological polar surface area (TPSA) is 30.7 Å². The number of nitrogens with zero attached hydrogens (tertiary/aromatic N) is 3. The van der Waals surface area contributed by atoms with Gasteiger partial charge in [0.15, 0.2) is 0 Å². The number of rotatable bonds is 2. The Bertz CT molecular complexity index is 644. The molecule has 3 rings (SSSR count). The highest BCUT2D eigenvalue weighted by atomic mass is 79.9. The van der Waals surface area contributed by atoms with Gasteiger partial charge in [0.25, 0.3) is 0 Å². The van der Waals surface area contributed by atoms with Crippen molar-refractivity contribution in [2.45, 2.75) is 0 Å². The summed E-state index contributed by atoms with van der Waals surface area (Å²) in [5.41, 5.74) is 3.07. The zero-order valence-corrected chi connectivity index (χ0v) is 11.1. The quantitative estimate of drug-likeness (QED) is 0.722. The van der Waals surface area contributed by atoms with Gasteiger partial charge in [-0.05, 0) is 30.3 Å². The second-order valence-corrected chi connectivity index (χ2v) is 4.77. The Kier molecular flexibility index (Phi) is 2.94. The molecular weight excluding hydrogens is 290 g/mol. The molecule has 2 heterocycles. The SMILES string of the molecule is Brc1ccc(-c2ccn(-c3ccncc3)n2)cc1. The molecule has 0 spiro atoms. The number of halogens is 1. The van der Waals surface area contributed by atoms with Crippen LogP contribution in [0.3, 0.4) is 0 Å².